The number of rotatable bonds is 2. The number of hydrogen-bond acceptors (Lipinski definition) is 1. The van der Waals surface area contributed by atoms with Crippen LogP contribution in [0.25, 0.3) is 0 Å². The number of terminal acetylenes is 1. The van der Waals surface area contributed by atoms with Crippen molar-refractivity contribution < 1.29 is 4.42 Å². The monoisotopic (exact) mass is 194 g/mol. The highest BCUT2D eigenvalue weighted by atomic mass is 16.3. The van der Waals surface area contributed by atoms with E-state index in [1.165, 1.54) is 5.56 Å². The van der Waals surface area contributed by atoms with Gasteiger partial charge in [0.15, 0.2) is 0 Å². The first-order valence-electron chi connectivity index (χ1n) is 5.14. The third kappa shape index (κ3) is 5.48. The molecule has 0 aliphatic rings. The van der Waals surface area contributed by atoms with Gasteiger partial charge >= 0.3 is 0 Å². The van der Waals surface area contributed by atoms with Crippen LogP contribution in [0, 0.1) is 12.8 Å². The van der Waals surface area contributed by atoms with Crippen LogP contribution in [0.4, 0.5) is 0 Å². The molecule has 1 nitrogen and oxygen atoms in total. The van der Waals surface area contributed by atoms with Crippen molar-refractivity contribution >= 4 is 0 Å². The van der Waals surface area contributed by atoms with Gasteiger partial charge in [0, 0.05) is 6.42 Å². The summed E-state index contributed by atoms with van der Waals surface area (Å²) >= 11 is 0. The third-order valence-electron chi connectivity index (χ3n) is 1.69. The van der Waals surface area contributed by atoms with Gasteiger partial charge in [-0.25, -0.2) is 0 Å². The van der Waals surface area contributed by atoms with E-state index in [0.29, 0.717) is 5.92 Å². The Morgan fingerprint density at radius 3 is 2.00 bits per heavy atom. The van der Waals surface area contributed by atoms with Crippen LogP contribution in [0.2, 0.25) is 0 Å². The fraction of sp³-hybridized carbons (Fsp3) is 0.538. The Morgan fingerprint density at radius 2 is 1.79 bits per heavy atom. The minimum absolute atomic E-state index is 0.587. The van der Waals surface area contributed by atoms with Crippen LogP contribution >= 0.6 is 0 Å². The Labute approximate surface area is 88.5 Å². The molecule has 0 saturated heterocycles. The largest absolute Gasteiger partial charge is 0.469 e. The predicted molar refractivity (Wildman–Crippen MR) is 63.4 cm³/mol. The SMILES string of the molecule is C#C.CC.CCc1cc(C(C)C)co1. The molecule has 1 heteroatoms. The van der Waals surface area contributed by atoms with Crippen molar-refractivity contribution in [1.82, 2.24) is 0 Å². The maximum absolute atomic E-state index is 5.28. The molecule has 0 unspecified atom stereocenters. The zero-order valence-corrected chi connectivity index (χ0v) is 10.0. The lowest BCUT2D eigenvalue weighted by atomic mass is 10.1. The van der Waals surface area contributed by atoms with E-state index < -0.39 is 0 Å². The second-order valence-corrected chi connectivity index (χ2v) is 2.85. The van der Waals surface area contributed by atoms with E-state index in [0.717, 1.165) is 12.2 Å². The van der Waals surface area contributed by atoms with Crippen LogP contribution in [-0.4, -0.2) is 0 Å². The summed E-state index contributed by atoms with van der Waals surface area (Å²) in [5, 5.41) is 0. The van der Waals surface area contributed by atoms with Gasteiger partial charge in [-0.15, -0.1) is 12.8 Å². The first-order chi connectivity index (χ1) is 6.74. The molecule has 0 N–H and O–H groups in total. The van der Waals surface area contributed by atoms with E-state index in [-0.39, 0.29) is 0 Å². The van der Waals surface area contributed by atoms with Crippen molar-refractivity contribution in [2.75, 3.05) is 0 Å². The molecule has 1 aromatic rings. The highest BCUT2D eigenvalue weighted by Crippen LogP contribution is 2.17. The topological polar surface area (TPSA) is 13.1 Å². The van der Waals surface area contributed by atoms with Crippen LogP contribution in [-0.2, 0) is 6.42 Å². The van der Waals surface area contributed by atoms with Gasteiger partial charge in [0.2, 0.25) is 0 Å². The lowest BCUT2D eigenvalue weighted by Gasteiger charge is -1.95. The minimum atomic E-state index is 0.587. The molecule has 0 fully saturated rings. The van der Waals surface area contributed by atoms with E-state index in [1.807, 2.05) is 20.1 Å². The van der Waals surface area contributed by atoms with E-state index in [2.05, 4.69) is 39.7 Å². The Bertz CT molecular complexity index is 230. The summed E-state index contributed by atoms with van der Waals surface area (Å²) in [6.07, 6.45) is 10.8. The quantitative estimate of drug-likeness (QED) is 0.642. The van der Waals surface area contributed by atoms with Gasteiger partial charge in [-0.1, -0.05) is 34.6 Å². The molecule has 0 atom stereocenters. The van der Waals surface area contributed by atoms with Crippen LogP contribution in [0.3, 0.4) is 0 Å². The molecule has 1 heterocycles. The Hall–Kier alpha value is -1.16. The fourth-order valence-corrected chi connectivity index (χ4v) is 0.886. The average molecular weight is 194 g/mol. The van der Waals surface area contributed by atoms with Crippen molar-refractivity contribution in [1.29, 1.82) is 0 Å². The van der Waals surface area contributed by atoms with Gasteiger partial charge in [-0.05, 0) is 17.5 Å². The van der Waals surface area contributed by atoms with Gasteiger partial charge in [0.25, 0.3) is 0 Å². The number of hydrogen-bond donors (Lipinski definition) is 0. The predicted octanol–water partition coefficient (Wildman–Crippen LogP) is 4.24. The summed E-state index contributed by atoms with van der Waals surface area (Å²) in [6.45, 7) is 10.4. The molecular formula is C13H22O. The van der Waals surface area contributed by atoms with Crippen molar-refractivity contribution in [3.8, 4) is 12.8 Å². The second-order valence-electron chi connectivity index (χ2n) is 2.85. The summed E-state index contributed by atoms with van der Waals surface area (Å²) in [4.78, 5) is 0. The maximum atomic E-state index is 5.28. The summed E-state index contributed by atoms with van der Waals surface area (Å²) in [5.41, 5.74) is 1.30. The van der Waals surface area contributed by atoms with Crippen molar-refractivity contribution in [2.24, 2.45) is 0 Å². The van der Waals surface area contributed by atoms with Gasteiger partial charge in [-0.2, -0.15) is 0 Å². The molecule has 0 radical (unpaired) electrons. The minimum Gasteiger partial charge on any atom is -0.469 e. The van der Waals surface area contributed by atoms with Crippen LogP contribution in [0.5, 0.6) is 0 Å². The molecular weight excluding hydrogens is 172 g/mol. The Morgan fingerprint density at radius 1 is 1.29 bits per heavy atom. The Balaban J connectivity index is 0. The normalized spacial score (nSPS) is 8.29. The molecule has 0 bridgehead atoms. The molecule has 0 aliphatic carbocycles. The third-order valence-corrected chi connectivity index (χ3v) is 1.69. The summed E-state index contributed by atoms with van der Waals surface area (Å²) in [7, 11) is 0. The lowest BCUT2D eigenvalue weighted by molar-refractivity contribution is 0.513. The number of furan rings is 1. The van der Waals surface area contributed by atoms with Crippen LogP contribution in [0.1, 0.15) is 51.9 Å². The molecule has 0 amide bonds. The van der Waals surface area contributed by atoms with Crippen molar-refractivity contribution in [3.05, 3.63) is 23.7 Å². The maximum Gasteiger partial charge on any atom is 0.103 e. The second kappa shape index (κ2) is 9.92. The molecule has 1 aromatic heterocycles. The molecule has 80 valence electrons. The first kappa shape index (κ1) is 15.3. The average Bonchev–Trinajstić information content (AvgIpc) is 2.72. The van der Waals surface area contributed by atoms with Crippen LogP contribution in [0.15, 0.2) is 16.7 Å². The lowest BCUT2D eigenvalue weighted by Crippen LogP contribution is -1.80. The summed E-state index contributed by atoms with van der Waals surface area (Å²) in [5.74, 6) is 1.67. The highest BCUT2D eigenvalue weighted by Gasteiger charge is 2.02. The zero-order valence-electron chi connectivity index (χ0n) is 10.0. The fourth-order valence-electron chi connectivity index (χ4n) is 0.886. The molecule has 1 rings (SSSR count). The summed E-state index contributed by atoms with van der Waals surface area (Å²) in [6, 6.07) is 2.13. The van der Waals surface area contributed by atoms with Gasteiger partial charge < -0.3 is 4.42 Å². The highest BCUT2D eigenvalue weighted by molar-refractivity contribution is 5.15. The van der Waals surface area contributed by atoms with Gasteiger partial charge in [0.1, 0.15) is 5.76 Å². The van der Waals surface area contributed by atoms with Crippen molar-refractivity contribution in [3.63, 3.8) is 0 Å². The van der Waals surface area contributed by atoms with Crippen molar-refractivity contribution in [2.45, 2.75) is 47.0 Å². The van der Waals surface area contributed by atoms with E-state index in [9.17, 15) is 0 Å². The first-order valence-corrected chi connectivity index (χ1v) is 5.14. The van der Waals surface area contributed by atoms with Gasteiger partial charge in [-0.3, -0.25) is 0 Å². The molecule has 0 spiro atoms. The molecule has 0 aromatic carbocycles. The van der Waals surface area contributed by atoms with E-state index in [4.69, 9.17) is 4.42 Å². The molecule has 0 saturated carbocycles. The zero-order chi connectivity index (χ0) is 11.6. The number of aryl methyl sites for hydroxylation is 1. The van der Waals surface area contributed by atoms with Crippen LogP contribution < -0.4 is 0 Å². The standard InChI is InChI=1S/C9H14O.C2H6.C2H2/c1-4-9-5-8(6-10-9)7(2)3;2*1-2/h5-7H,4H2,1-3H3;1-2H3;1-2H. The summed E-state index contributed by atoms with van der Waals surface area (Å²) < 4.78 is 5.28. The van der Waals surface area contributed by atoms with E-state index in [1.54, 1.807) is 0 Å². The Kier molecular flexibility index (Phi) is 10.9. The van der Waals surface area contributed by atoms with Gasteiger partial charge in [0.05, 0.1) is 6.26 Å². The molecule has 14 heavy (non-hydrogen) atoms. The smallest absolute Gasteiger partial charge is 0.103 e. The molecule has 0 aliphatic heterocycles. The van der Waals surface area contributed by atoms with E-state index >= 15 is 0 Å².